The molecule has 138 valence electrons. The van der Waals surface area contributed by atoms with Crippen molar-refractivity contribution in [2.75, 3.05) is 26.2 Å². The highest BCUT2D eigenvalue weighted by Gasteiger charge is 2.42. The summed E-state index contributed by atoms with van der Waals surface area (Å²) in [5, 5.41) is 0. The maximum atomic E-state index is 13.0. The number of fused-ring (bicyclic) bond motifs is 1. The van der Waals surface area contributed by atoms with E-state index in [1.54, 1.807) is 9.80 Å². The van der Waals surface area contributed by atoms with Gasteiger partial charge in [0.25, 0.3) is 0 Å². The third-order valence-corrected chi connectivity index (χ3v) is 5.60. The summed E-state index contributed by atoms with van der Waals surface area (Å²) < 4.78 is 0. The minimum atomic E-state index is -0.432. The van der Waals surface area contributed by atoms with E-state index >= 15 is 0 Å². The minimum absolute atomic E-state index is 0.00632. The van der Waals surface area contributed by atoms with Gasteiger partial charge < -0.3 is 14.7 Å². The number of hydrogen-bond donors (Lipinski definition) is 0. The molecule has 0 bridgehead atoms. The second-order valence-electron chi connectivity index (χ2n) is 7.67. The van der Waals surface area contributed by atoms with Crippen LogP contribution in [-0.4, -0.2) is 64.6 Å². The van der Waals surface area contributed by atoms with Crippen LogP contribution >= 0.6 is 0 Å². The number of carbonyl (C=O) groups is 3. The molecule has 2 heterocycles. The standard InChI is InChI=1S/C20H25N3O3/c1-14-3-2-4-15(11-14)12-22-13-18(24)23-10-9-21(19(25)16-5-6-16)8-7-17(23)20(22)26/h2-4,11,16-17H,5-10,12-13H2,1H3. The third kappa shape index (κ3) is 3.32. The molecule has 1 aromatic rings. The van der Waals surface area contributed by atoms with Gasteiger partial charge >= 0.3 is 0 Å². The molecule has 3 amide bonds. The number of piperazine rings is 1. The quantitative estimate of drug-likeness (QED) is 0.818. The maximum Gasteiger partial charge on any atom is 0.246 e. The molecular weight excluding hydrogens is 330 g/mol. The molecule has 0 N–H and O–H groups in total. The first-order valence-corrected chi connectivity index (χ1v) is 9.45. The second-order valence-corrected chi connectivity index (χ2v) is 7.67. The van der Waals surface area contributed by atoms with Crippen molar-refractivity contribution in [2.24, 2.45) is 5.92 Å². The van der Waals surface area contributed by atoms with E-state index in [0.717, 1.165) is 24.0 Å². The van der Waals surface area contributed by atoms with Crippen LogP contribution in [0.5, 0.6) is 0 Å². The number of aryl methyl sites for hydroxylation is 1. The fourth-order valence-electron chi connectivity index (χ4n) is 4.00. The van der Waals surface area contributed by atoms with Gasteiger partial charge in [0.1, 0.15) is 12.6 Å². The average Bonchev–Trinajstić information content (AvgIpc) is 3.45. The molecule has 3 aliphatic rings. The number of benzene rings is 1. The molecule has 0 radical (unpaired) electrons. The molecule has 0 aromatic heterocycles. The number of nitrogens with zero attached hydrogens (tertiary/aromatic N) is 3. The van der Waals surface area contributed by atoms with Crippen LogP contribution in [0, 0.1) is 12.8 Å². The van der Waals surface area contributed by atoms with E-state index in [0.29, 0.717) is 32.6 Å². The lowest BCUT2D eigenvalue weighted by molar-refractivity contribution is -0.156. The van der Waals surface area contributed by atoms with Crippen molar-refractivity contribution in [2.45, 2.75) is 38.8 Å². The van der Waals surface area contributed by atoms with Crippen molar-refractivity contribution in [3.05, 3.63) is 35.4 Å². The van der Waals surface area contributed by atoms with Crippen LogP contribution in [-0.2, 0) is 20.9 Å². The van der Waals surface area contributed by atoms with Crippen LogP contribution in [0.25, 0.3) is 0 Å². The Hall–Kier alpha value is -2.37. The molecule has 6 nitrogen and oxygen atoms in total. The van der Waals surface area contributed by atoms with Gasteiger partial charge in [-0.1, -0.05) is 29.8 Å². The van der Waals surface area contributed by atoms with Crippen molar-refractivity contribution in [3.63, 3.8) is 0 Å². The van der Waals surface area contributed by atoms with Crippen molar-refractivity contribution in [3.8, 4) is 0 Å². The molecule has 1 atom stereocenters. The highest BCUT2D eigenvalue weighted by molar-refractivity contribution is 5.95. The predicted molar refractivity (Wildman–Crippen MR) is 96.0 cm³/mol. The Morgan fingerprint density at radius 3 is 2.65 bits per heavy atom. The Bertz CT molecular complexity index is 744. The normalized spacial score (nSPS) is 23.7. The SMILES string of the molecule is Cc1cccc(CN2CC(=O)N3CCN(C(=O)C4CC4)CCC3C2=O)c1. The van der Waals surface area contributed by atoms with Gasteiger partial charge in [0, 0.05) is 32.1 Å². The van der Waals surface area contributed by atoms with Crippen molar-refractivity contribution in [1.29, 1.82) is 0 Å². The van der Waals surface area contributed by atoms with E-state index in [1.165, 1.54) is 0 Å². The lowest BCUT2D eigenvalue weighted by Crippen LogP contribution is -2.59. The van der Waals surface area contributed by atoms with Gasteiger partial charge in [-0.25, -0.2) is 0 Å². The Balaban J connectivity index is 1.47. The number of carbonyl (C=O) groups excluding carboxylic acids is 3. The first kappa shape index (κ1) is 17.1. The number of rotatable bonds is 3. The van der Waals surface area contributed by atoms with Gasteiger partial charge in [0.2, 0.25) is 17.7 Å². The molecule has 1 unspecified atom stereocenters. The second kappa shape index (κ2) is 6.74. The molecule has 1 aromatic carbocycles. The minimum Gasteiger partial charge on any atom is -0.341 e. The molecule has 4 rings (SSSR count). The van der Waals surface area contributed by atoms with Crippen molar-refractivity contribution < 1.29 is 14.4 Å². The zero-order chi connectivity index (χ0) is 18.3. The van der Waals surface area contributed by atoms with E-state index in [1.807, 2.05) is 36.1 Å². The number of hydrogen-bond acceptors (Lipinski definition) is 3. The smallest absolute Gasteiger partial charge is 0.246 e. The summed E-state index contributed by atoms with van der Waals surface area (Å²) in [6.45, 7) is 4.18. The first-order valence-electron chi connectivity index (χ1n) is 9.45. The van der Waals surface area contributed by atoms with Gasteiger partial charge in [0.15, 0.2) is 0 Å². The first-order chi connectivity index (χ1) is 12.5. The fourth-order valence-corrected chi connectivity index (χ4v) is 4.00. The summed E-state index contributed by atoms with van der Waals surface area (Å²) in [6.07, 6.45) is 2.49. The maximum absolute atomic E-state index is 13.0. The van der Waals surface area contributed by atoms with Crippen LogP contribution in [0.15, 0.2) is 24.3 Å². The molecule has 3 fully saturated rings. The molecule has 0 spiro atoms. The van der Waals surface area contributed by atoms with Crippen LogP contribution in [0.1, 0.15) is 30.4 Å². The molecule has 1 aliphatic carbocycles. The summed E-state index contributed by atoms with van der Waals surface area (Å²) in [5.74, 6) is 0.366. The highest BCUT2D eigenvalue weighted by Crippen LogP contribution is 2.32. The van der Waals surface area contributed by atoms with Crippen LogP contribution in [0.4, 0.5) is 0 Å². The summed E-state index contributed by atoms with van der Waals surface area (Å²) in [6, 6.07) is 7.59. The van der Waals surface area contributed by atoms with Gasteiger partial charge in [-0.05, 0) is 31.7 Å². The fraction of sp³-hybridized carbons (Fsp3) is 0.550. The van der Waals surface area contributed by atoms with E-state index in [-0.39, 0.29) is 30.2 Å². The summed E-state index contributed by atoms with van der Waals surface area (Å²) in [4.78, 5) is 43.2. The van der Waals surface area contributed by atoms with Crippen molar-refractivity contribution in [1.82, 2.24) is 14.7 Å². The Labute approximate surface area is 153 Å². The van der Waals surface area contributed by atoms with Crippen LogP contribution in [0.2, 0.25) is 0 Å². The number of amides is 3. The van der Waals surface area contributed by atoms with Gasteiger partial charge in [-0.2, -0.15) is 0 Å². The molecule has 2 saturated heterocycles. The Kier molecular flexibility index (Phi) is 4.42. The topological polar surface area (TPSA) is 60.9 Å². The van der Waals surface area contributed by atoms with Gasteiger partial charge in [-0.3, -0.25) is 14.4 Å². The molecule has 6 heteroatoms. The van der Waals surface area contributed by atoms with Crippen molar-refractivity contribution >= 4 is 17.7 Å². The van der Waals surface area contributed by atoms with Crippen LogP contribution in [0.3, 0.4) is 0 Å². The zero-order valence-corrected chi connectivity index (χ0v) is 15.2. The van der Waals surface area contributed by atoms with E-state index < -0.39 is 6.04 Å². The lowest BCUT2D eigenvalue weighted by Gasteiger charge is -2.39. The summed E-state index contributed by atoms with van der Waals surface area (Å²) in [7, 11) is 0. The molecular formula is C20H25N3O3. The average molecular weight is 355 g/mol. The summed E-state index contributed by atoms with van der Waals surface area (Å²) in [5.41, 5.74) is 2.18. The Morgan fingerprint density at radius 2 is 1.92 bits per heavy atom. The Morgan fingerprint density at radius 1 is 1.12 bits per heavy atom. The third-order valence-electron chi connectivity index (χ3n) is 5.60. The highest BCUT2D eigenvalue weighted by atomic mass is 16.2. The predicted octanol–water partition coefficient (Wildman–Crippen LogP) is 1.18. The van der Waals surface area contributed by atoms with E-state index in [4.69, 9.17) is 0 Å². The van der Waals surface area contributed by atoms with Gasteiger partial charge in [0.05, 0.1) is 0 Å². The zero-order valence-electron chi connectivity index (χ0n) is 15.2. The van der Waals surface area contributed by atoms with E-state index in [2.05, 4.69) is 0 Å². The summed E-state index contributed by atoms with van der Waals surface area (Å²) >= 11 is 0. The molecule has 2 aliphatic heterocycles. The lowest BCUT2D eigenvalue weighted by atomic mass is 10.1. The van der Waals surface area contributed by atoms with Crippen LogP contribution < -0.4 is 0 Å². The largest absolute Gasteiger partial charge is 0.341 e. The monoisotopic (exact) mass is 355 g/mol. The van der Waals surface area contributed by atoms with E-state index in [9.17, 15) is 14.4 Å². The molecule has 1 saturated carbocycles. The molecule has 26 heavy (non-hydrogen) atoms. The van der Waals surface area contributed by atoms with Gasteiger partial charge in [-0.15, -0.1) is 0 Å².